The maximum atomic E-state index is 12.6. The number of nitrogens with zero attached hydrogens (tertiary/aromatic N) is 2. The second-order valence-corrected chi connectivity index (χ2v) is 8.82. The van der Waals surface area contributed by atoms with Gasteiger partial charge in [0.25, 0.3) is 10.0 Å². The highest BCUT2D eigenvalue weighted by Gasteiger charge is 2.34. The van der Waals surface area contributed by atoms with Crippen LogP contribution in [0.25, 0.3) is 0 Å². The molecule has 2 atom stereocenters. The minimum Gasteiger partial charge on any atom is -0.229 e. The molecule has 18 heavy (non-hydrogen) atoms. The van der Waals surface area contributed by atoms with Crippen molar-refractivity contribution in [1.29, 1.82) is 0 Å². The molecule has 1 aromatic rings. The molecule has 0 aromatic carbocycles. The number of thiazole rings is 1. The van der Waals surface area contributed by atoms with E-state index in [0.29, 0.717) is 30.6 Å². The molecule has 0 amide bonds. The van der Waals surface area contributed by atoms with E-state index in [4.69, 9.17) is 11.6 Å². The van der Waals surface area contributed by atoms with Gasteiger partial charge in [-0.25, -0.2) is 13.4 Å². The van der Waals surface area contributed by atoms with Crippen LogP contribution in [0.4, 0.5) is 0 Å². The standard InChI is InChI=1S/C11H17ClN2O2S2/c1-7-4-8(2)6-14(5-7)18(15,16)10-9(3)13-11(12)17-10/h7-8H,4-6H2,1-3H3. The number of hydrogen-bond donors (Lipinski definition) is 0. The van der Waals surface area contributed by atoms with E-state index in [9.17, 15) is 8.42 Å². The molecule has 1 aliphatic heterocycles. The van der Waals surface area contributed by atoms with Gasteiger partial charge in [-0.05, 0) is 25.2 Å². The van der Waals surface area contributed by atoms with E-state index >= 15 is 0 Å². The van der Waals surface area contributed by atoms with Crippen LogP contribution < -0.4 is 0 Å². The average Bonchev–Trinajstić information content (AvgIpc) is 2.57. The fourth-order valence-corrected chi connectivity index (χ4v) is 6.06. The Morgan fingerprint density at radius 2 is 1.89 bits per heavy atom. The summed E-state index contributed by atoms with van der Waals surface area (Å²) in [6, 6.07) is 0. The molecule has 1 fully saturated rings. The Morgan fingerprint density at radius 3 is 2.33 bits per heavy atom. The fraction of sp³-hybridized carbons (Fsp3) is 0.727. The number of hydrogen-bond acceptors (Lipinski definition) is 4. The Hall–Kier alpha value is -0.170. The summed E-state index contributed by atoms with van der Waals surface area (Å²) in [6.07, 6.45) is 1.08. The molecule has 0 bridgehead atoms. The maximum Gasteiger partial charge on any atom is 0.254 e. The average molecular weight is 309 g/mol. The van der Waals surface area contributed by atoms with Crippen LogP contribution in [0, 0.1) is 18.8 Å². The minimum atomic E-state index is -3.43. The molecule has 0 radical (unpaired) electrons. The lowest BCUT2D eigenvalue weighted by atomic mass is 9.94. The molecule has 0 spiro atoms. The van der Waals surface area contributed by atoms with E-state index in [1.807, 2.05) is 0 Å². The third kappa shape index (κ3) is 2.71. The number of sulfonamides is 1. The number of aryl methyl sites for hydroxylation is 1. The van der Waals surface area contributed by atoms with Crippen molar-refractivity contribution in [3.63, 3.8) is 0 Å². The second kappa shape index (κ2) is 5.07. The number of aromatic nitrogens is 1. The van der Waals surface area contributed by atoms with Crippen molar-refractivity contribution in [2.75, 3.05) is 13.1 Å². The van der Waals surface area contributed by atoms with Crippen LogP contribution in [0.2, 0.25) is 4.47 Å². The fourth-order valence-electron chi connectivity index (χ4n) is 2.51. The van der Waals surface area contributed by atoms with E-state index in [1.54, 1.807) is 11.2 Å². The zero-order valence-electron chi connectivity index (χ0n) is 10.7. The first-order chi connectivity index (χ1) is 8.30. The Balaban J connectivity index is 2.34. The quantitative estimate of drug-likeness (QED) is 0.844. The van der Waals surface area contributed by atoms with E-state index in [0.717, 1.165) is 17.8 Å². The molecule has 2 unspecified atom stereocenters. The normalized spacial score (nSPS) is 26.4. The summed E-state index contributed by atoms with van der Waals surface area (Å²) < 4.78 is 27.2. The van der Waals surface area contributed by atoms with Gasteiger partial charge in [-0.1, -0.05) is 36.8 Å². The van der Waals surface area contributed by atoms with Crippen molar-refractivity contribution >= 4 is 33.0 Å². The van der Waals surface area contributed by atoms with Crippen LogP contribution in [0.15, 0.2) is 4.21 Å². The van der Waals surface area contributed by atoms with Crippen molar-refractivity contribution < 1.29 is 8.42 Å². The first kappa shape index (κ1) is 14.2. The van der Waals surface area contributed by atoms with Crippen LogP contribution in [0.5, 0.6) is 0 Å². The third-order valence-electron chi connectivity index (χ3n) is 3.14. The highest BCUT2D eigenvalue weighted by atomic mass is 35.5. The molecule has 0 saturated carbocycles. The number of rotatable bonds is 2. The van der Waals surface area contributed by atoms with E-state index in [2.05, 4.69) is 18.8 Å². The molecular weight excluding hydrogens is 292 g/mol. The molecule has 4 nitrogen and oxygen atoms in total. The molecule has 1 aromatic heterocycles. The van der Waals surface area contributed by atoms with Crippen LogP contribution in [-0.2, 0) is 10.0 Å². The van der Waals surface area contributed by atoms with E-state index < -0.39 is 10.0 Å². The molecule has 7 heteroatoms. The lowest BCUT2D eigenvalue weighted by molar-refractivity contribution is 0.223. The molecule has 1 saturated heterocycles. The summed E-state index contributed by atoms with van der Waals surface area (Å²) in [4.78, 5) is 3.99. The Bertz CT molecular complexity index is 531. The second-order valence-electron chi connectivity index (χ2n) is 5.11. The molecular formula is C11H17ClN2O2S2. The Labute approximate surface area is 117 Å². The van der Waals surface area contributed by atoms with Crippen LogP contribution >= 0.6 is 22.9 Å². The van der Waals surface area contributed by atoms with Crippen LogP contribution in [0.3, 0.4) is 0 Å². The van der Waals surface area contributed by atoms with Crippen LogP contribution in [-0.4, -0.2) is 30.8 Å². The van der Waals surface area contributed by atoms with Gasteiger partial charge in [0.1, 0.15) is 0 Å². The summed E-state index contributed by atoms with van der Waals surface area (Å²) in [5.74, 6) is 0.791. The number of halogens is 1. The van der Waals surface area contributed by atoms with E-state index in [-0.39, 0.29) is 8.68 Å². The van der Waals surface area contributed by atoms with Gasteiger partial charge < -0.3 is 0 Å². The summed E-state index contributed by atoms with van der Waals surface area (Å²) in [5.41, 5.74) is 0.496. The van der Waals surface area contributed by atoms with Gasteiger partial charge in [-0.15, -0.1) is 0 Å². The Morgan fingerprint density at radius 1 is 1.33 bits per heavy atom. The lowest BCUT2D eigenvalue weighted by Gasteiger charge is -2.33. The predicted molar refractivity (Wildman–Crippen MR) is 73.6 cm³/mol. The van der Waals surface area contributed by atoms with E-state index in [1.165, 1.54) is 0 Å². The van der Waals surface area contributed by atoms with Gasteiger partial charge in [0, 0.05) is 13.1 Å². The summed E-state index contributed by atoms with van der Waals surface area (Å²) >= 11 is 6.83. The highest BCUT2D eigenvalue weighted by molar-refractivity contribution is 7.91. The van der Waals surface area contributed by atoms with Crippen molar-refractivity contribution in [1.82, 2.24) is 9.29 Å². The van der Waals surface area contributed by atoms with Crippen molar-refractivity contribution in [2.45, 2.75) is 31.4 Å². The van der Waals surface area contributed by atoms with Gasteiger partial charge in [0.2, 0.25) is 0 Å². The summed E-state index contributed by atoms with van der Waals surface area (Å²) in [6.45, 7) is 7.03. The van der Waals surface area contributed by atoms with Gasteiger partial charge >= 0.3 is 0 Å². The third-order valence-corrected chi connectivity index (χ3v) is 6.82. The molecule has 2 rings (SSSR count). The van der Waals surface area contributed by atoms with Gasteiger partial charge in [0.05, 0.1) is 5.69 Å². The lowest BCUT2D eigenvalue weighted by Crippen LogP contribution is -2.42. The smallest absolute Gasteiger partial charge is 0.229 e. The first-order valence-electron chi connectivity index (χ1n) is 5.93. The van der Waals surface area contributed by atoms with Gasteiger partial charge in [0.15, 0.2) is 8.68 Å². The van der Waals surface area contributed by atoms with Crippen molar-refractivity contribution in [3.8, 4) is 0 Å². The Kier molecular flexibility index (Phi) is 4.02. The van der Waals surface area contributed by atoms with Gasteiger partial charge in [-0.2, -0.15) is 4.31 Å². The SMILES string of the molecule is Cc1nc(Cl)sc1S(=O)(=O)N1CC(C)CC(C)C1. The molecule has 2 heterocycles. The van der Waals surface area contributed by atoms with Crippen molar-refractivity contribution in [2.24, 2.45) is 11.8 Å². The monoisotopic (exact) mass is 308 g/mol. The topological polar surface area (TPSA) is 50.3 Å². The maximum absolute atomic E-state index is 12.6. The molecule has 0 N–H and O–H groups in total. The van der Waals surface area contributed by atoms with Gasteiger partial charge in [-0.3, -0.25) is 0 Å². The summed E-state index contributed by atoms with van der Waals surface area (Å²) in [5, 5.41) is 0. The molecule has 1 aliphatic rings. The first-order valence-corrected chi connectivity index (χ1v) is 8.57. The molecule has 0 aliphatic carbocycles. The minimum absolute atomic E-state index is 0.282. The van der Waals surface area contributed by atoms with Crippen LogP contribution in [0.1, 0.15) is 26.0 Å². The van der Waals surface area contributed by atoms with Crippen molar-refractivity contribution in [3.05, 3.63) is 10.2 Å². The molecule has 102 valence electrons. The largest absolute Gasteiger partial charge is 0.254 e. The zero-order chi connectivity index (χ0) is 13.5. The predicted octanol–water partition coefficient (Wildman–Crippen LogP) is 2.77. The zero-order valence-corrected chi connectivity index (χ0v) is 13.1. The summed E-state index contributed by atoms with van der Waals surface area (Å²) in [7, 11) is -3.43. The highest BCUT2D eigenvalue weighted by Crippen LogP contribution is 2.32. The number of piperidine rings is 1.